The van der Waals surface area contributed by atoms with E-state index in [0.717, 1.165) is 106 Å². The predicted octanol–water partition coefficient (Wildman–Crippen LogP) is 11.2. The number of hydrogen-bond acceptors (Lipinski definition) is 24. The molecule has 0 saturated heterocycles. The van der Waals surface area contributed by atoms with E-state index in [9.17, 15) is 56.7 Å². The molecule has 37 heteroatoms. The summed E-state index contributed by atoms with van der Waals surface area (Å²) in [5.41, 5.74) is 15.7. The van der Waals surface area contributed by atoms with Gasteiger partial charge >= 0.3 is 65.9 Å². The smallest absolute Gasteiger partial charge is 0.793 e. The maximum absolute atomic E-state index is 12.5. The first-order chi connectivity index (χ1) is 61.4. The number of nitrogens with one attached hydrogen (secondary N) is 5. The first-order valence-electron chi connectivity index (χ1n) is 41.9. The molecule has 0 saturated carbocycles. The number of nitrogens with two attached hydrogens (primary N) is 1. The van der Waals surface area contributed by atoms with E-state index in [1.807, 2.05) is 190 Å². The van der Waals surface area contributed by atoms with Crippen molar-refractivity contribution in [3.63, 3.8) is 0 Å². The van der Waals surface area contributed by atoms with Crippen molar-refractivity contribution >= 4 is 138 Å². The Morgan fingerprint density at radius 3 is 1.31 bits per heavy atom. The molecule has 4 amide bonds. The van der Waals surface area contributed by atoms with Gasteiger partial charge in [0.2, 0.25) is 5.97 Å². The zero-order chi connectivity index (χ0) is 96.1. The number of aliphatic hydroxyl groups is 3. The topological polar surface area (TPSA) is 446 Å². The largest absolute Gasteiger partial charge is 1.00 e. The van der Waals surface area contributed by atoms with Gasteiger partial charge in [0, 0.05) is 144 Å². The number of carbonyl (C=O) groups excluding carboxylic acids is 9. The van der Waals surface area contributed by atoms with Crippen molar-refractivity contribution in [3.05, 3.63) is 216 Å². The molecule has 701 valence electrons. The van der Waals surface area contributed by atoms with Gasteiger partial charge in [-0.1, -0.05) is 103 Å². The molecule has 34 nitrogen and oxygen atoms in total. The summed E-state index contributed by atoms with van der Waals surface area (Å²) < 4.78 is 56.7. The predicted molar refractivity (Wildman–Crippen MR) is 498 cm³/mol. The van der Waals surface area contributed by atoms with Crippen LogP contribution in [0.4, 0.5) is 19.2 Å². The van der Waals surface area contributed by atoms with Crippen LogP contribution in [0, 0.1) is 0 Å². The molecule has 0 spiro atoms. The van der Waals surface area contributed by atoms with Gasteiger partial charge in [0.25, 0.3) is 10.1 Å². The Morgan fingerprint density at radius 2 is 0.885 bits per heavy atom. The van der Waals surface area contributed by atoms with Crippen LogP contribution in [-0.4, -0.2) is 230 Å². The van der Waals surface area contributed by atoms with E-state index in [-0.39, 0.29) is 87.8 Å². The fraction of sp³-hybridized carbons (Fsp3) is 0.394. The summed E-state index contributed by atoms with van der Waals surface area (Å²) >= 11 is 0. The molecule has 2 aliphatic heterocycles. The SMILES string of the molecule is CC(=O)OOC(C)=O.CC(C)(C)OC(=O)N(CCO)Cc1cccc2cc[nH]c12.CC(C)(C)OC(=O)N(CCOS(C)(=O)=O)Cc1cccc2cc[nH]c12.CC(C)(C)OC(=O)N1CCn2cc(C=O)c3cccc(c32)C1.CC(C)(C)OC(=O)N1CCn2ccc3cccc(c32)C1.NCCO.O=Cc1cccc2cc[nH]c12.OCCNCc1cccc2cc[nH]c12.[B-]OC(C)=O.[Na+]. The van der Waals surface area contributed by atoms with Crippen molar-refractivity contribution in [2.24, 2.45) is 5.73 Å². The normalized spacial score (nSPS) is 12.0. The number of H-pyrrole nitrogens is 4. The maximum atomic E-state index is 12.5. The second-order valence-electron chi connectivity index (χ2n) is 33.6. The van der Waals surface area contributed by atoms with Gasteiger partial charge in [-0.15, -0.1) is 0 Å². The first kappa shape index (κ1) is 110. The number of benzene rings is 6. The van der Waals surface area contributed by atoms with Crippen molar-refractivity contribution in [2.75, 3.05) is 72.0 Å². The van der Waals surface area contributed by atoms with Gasteiger partial charge in [0.05, 0.1) is 86.4 Å². The Morgan fingerprint density at radius 1 is 0.489 bits per heavy atom. The average Bonchev–Trinajstić information content (AvgIpc) is 1.62. The van der Waals surface area contributed by atoms with E-state index < -0.39 is 62.6 Å². The van der Waals surface area contributed by atoms with Crippen molar-refractivity contribution < 1.29 is 134 Å². The number of aromatic nitrogens is 6. The molecule has 8 heterocycles. The van der Waals surface area contributed by atoms with E-state index in [4.69, 9.17) is 39.1 Å². The van der Waals surface area contributed by atoms with Crippen LogP contribution in [0.3, 0.4) is 0 Å². The van der Waals surface area contributed by atoms with Crippen LogP contribution < -0.4 is 40.6 Å². The number of fused-ring (bicyclic) bond motifs is 4. The van der Waals surface area contributed by atoms with Crippen LogP contribution in [0.5, 0.6) is 0 Å². The Hall–Kier alpha value is -11.8. The van der Waals surface area contributed by atoms with Crippen LogP contribution in [0.25, 0.3) is 65.4 Å². The van der Waals surface area contributed by atoms with E-state index in [1.54, 1.807) is 36.6 Å². The van der Waals surface area contributed by atoms with E-state index in [1.165, 1.54) is 49.7 Å². The summed E-state index contributed by atoms with van der Waals surface area (Å²) in [6, 6.07) is 45.8. The number of ether oxygens (including phenoxy) is 4. The molecule has 2 aliphatic rings. The van der Waals surface area contributed by atoms with Crippen molar-refractivity contribution in [1.29, 1.82) is 0 Å². The van der Waals surface area contributed by atoms with Crippen LogP contribution in [-0.2, 0) is 108 Å². The van der Waals surface area contributed by atoms with E-state index in [2.05, 4.69) is 99.5 Å². The Kier molecular flexibility index (Phi) is 44.3. The summed E-state index contributed by atoms with van der Waals surface area (Å²) in [7, 11) is 0.758. The Labute approximate surface area is 786 Å². The molecule has 0 unspecified atom stereocenters. The molecule has 6 aromatic carbocycles. The quantitative estimate of drug-likeness (QED) is 0.00777. The molecule has 10 N–H and O–H groups in total. The zero-order valence-corrected chi connectivity index (χ0v) is 80.6. The summed E-state index contributed by atoms with van der Waals surface area (Å²) in [5, 5.41) is 35.4. The molecule has 3 radical (unpaired) electrons. The second kappa shape index (κ2) is 52.9. The number of hydrogen-bond donors (Lipinski definition) is 9. The summed E-state index contributed by atoms with van der Waals surface area (Å²) in [5.74, 6) is -1.74. The number of aliphatic hydroxyl groups excluding tert-OH is 3. The van der Waals surface area contributed by atoms with Crippen molar-refractivity contribution in [3.8, 4) is 0 Å². The van der Waals surface area contributed by atoms with Crippen LogP contribution in [0.15, 0.2) is 177 Å². The minimum Gasteiger partial charge on any atom is -0.793 e. The molecule has 0 bridgehead atoms. The number of para-hydroxylation sites is 6. The van der Waals surface area contributed by atoms with Gasteiger partial charge in [0.15, 0.2) is 12.6 Å². The molecule has 0 atom stereocenters. The van der Waals surface area contributed by atoms with E-state index in [0.29, 0.717) is 63.5 Å². The molecule has 0 fully saturated rings. The third-order valence-corrected chi connectivity index (χ3v) is 18.9. The zero-order valence-electron chi connectivity index (χ0n) is 77.8. The molecule has 14 rings (SSSR count). The number of aromatic amines is 4. The summed E-state index contributed by atoms with van der Waals surface area (Å²) in [6.45, 7) is 32.3. The minimum absolute atomic E-state index is 0. The van der Waals surface area contributed by atoms with Gasteiger partial charge in [-0.25, -0.2) is 38.5 Å². The number of aldehydes is 2. The average molecular weight is 1840 g/mol. The first-order valence-corrected chi connectivity index (χ1v) is 43.8. The monoisotopic (exact) mass is 1840 g/mol. The van der Waals surface area contributed by atoms with Gasteiger partial charge in [0.1, 0.15) is 22.4 Å². The van der Waals surface area contributed by atoms with E-state index >= 15 is 0 Å². The Bertz CT molecular complexity index is 5780. The van der Waals surface area contributed by atoms with Crippen LogP contribution in [0.2, 0.25) is 0 Å². The third-order valence-electron chi connectivity index (χ3n) is 18.3. The number of rotatable bonds is 17. The number of amides is 4. The second-order valence-corrected chi connectivity index (χ2v) is 35.2. The van der Waals surface area contributed by atoms with Crippen molar-refractivity contribution in [2.45, 2.75) is 172 Å². The Balaban J connectivity index is 0.000000271. The van der Waals surface area contributed by atoms with Gasteiger partial charge in [-0.2, -0.15) is 8.42 Å². The van der Waals surface area contributed by atoms with Gasteiger partial charge in [-0.3, -0.25) is 18.6 Å². The van der Waals surface area contributed by atoms with Crippen molar-refractivity contribution in [1.82, 2.24) is 54.0 Å². The van der Waals surface area contributed by atoms with Gasteiger partial charge < -0.3 is 107 Å². The molecule has 131 heavy (non-hydrogen) atoms. The number of nitrogens with zero attached hydrogens (tertiary/aromatic N) is 6. The molecule has 0 aliphatic carbocycles. The molecule has 12 aromatic rings. The fourth-order valence-electron chi connectivity index (χ4n) is 12.9. The third kappa shape index (κ3) is 37.5. The van der Waals surface area contributed by atoms with Crippen LogP contribution in [0.1, 0.15) is 152 Å². The van der Waals surface area contributed by atoms with Crippen LogP contribution >= 0.6 is 0 Å². The maximum Gasteiger partial charge on any atom is 1.00 e. The number of carbonyl (C=O) groups is 9. The molecule has 6 aromatic heterocycles. The minimum atomic E-state index is -3.56. The molecular formula is C94H123BN12NaO22S. The van der Waals surface area contributed by atoms with Gasteiger partial charge in [-0.05, 0) is 169 Å². The summed E-state index contributed by atoms with van der Waals surface area (Å²) in [6.07, 6.45) is 12.7. The standard InChI is InChI=1S/C17H24N2O5S.C17H20N2O3.C16H22N2O3.C16H20N2O2.C11H14N2O.C9H7NO.C4H6O4.C2H3BO2.C2H7NO.Na/c1-17(2,3)24-16(20)19(10-11-23-25(4,21)22)12-14-7-5-6-13-8-9-18-15(13)14;1-17(2,3)22-16(21)19-8-7-18-10-13(11-20)14-6-4-5-12(9-19)15(14)18;1-16(2,3)21-15(20)18(9-10-19)11-13-6-4-5-12-7-8-17-14(12)13;1-16(2,3)20-15(19)18-10-9-17-8-7-12-5-4-6-13(11-18)14(12)17;14-7-6-12-8-10-3-1-2-9-4-5-13-11(9)10;11-6-8-3-1-2-7-4-5-10-9(7)8;1-3(5)7-8-4(2)6;1-2(4)5-3;3-1-2-4;/h5-9,18H,10-12H2,1-4H3;4-6,10-11H,7-9H2,1-3H3;4-8,17,19H,9-11H2,1-3H3;4-8H,9-11H2,1-3H3;1-5,12-14H,6-8H2;1-6,10H;1-2H3;1H3;4H,1-3H2;/q;;;;;;;-1;;+1. The summed E-state index contributed by atoms with van der Waals surface area (Å²) in [4.78, 5) is 127. The molecular weight excluding hydrogens is 1710 g/mol. The fourth-order valence-corrected chi connectivity index (χ4v) is 13.3.